The first kappa shape index (κ1) is 11.1. The van der Waals surface area contributed by atoms with Crippen LogP contribution in [-0.2, 0) is 15.5 Å². The van der Waals surface area contributed by atoms with Crippen molar-refractivity contribution in [1.82, 2.24) is 5.32 Å². The van der Waals surface area contributed by atoms with Gasteiger partial charge in [-0.2, -0.15) is 0 Å². The minimum atomic E-state index is -0.727. The summed E-state index contributed by atoms with van der Waals surface area (Å²) in [4.78, 5) is 0. The summed E-state index contributed by atoms with van der Waals surface area (Å²) in [5.74, 6) is 1.45. The summed E-state index contributed by atoms with van der Waals surface area (Å²) in [5.41, 5.74) is 0. The maximum absolute atomic E-state index is 11.6. The average molecular weight is 205 g/mol. The monoisotopic (exact) mass is 205 g/mol. The molecule has 78 valence electrons. The number of ether oxygens (including phenoxy) is 1. The van der Waals surface area contributed by atoms with Gasteiger partial charge in [0.2, 0.25) is 0 Å². The van der Waals surface area contributed by atoms with Gasteiger partial charge < -0.3 is 10.1 Å². The Morgan fingerprint density at radius 3 is 3.00 bits per heavy atom. The molecule has 1 rings (SSSR count). The smallest absolute Gasteiger partial charge is 0.0691 e. The zero-order chi connectivity index (χ0) is 9.68. The van der Waals surface area contributed by atoms with Crippen LogP contribution < -0.4 is 5.32 Å². The van der Waals surface area contributed by atoms with E-state index < -0.39 is 10.8 Å². The van der Waals surface area contributed by atoms with Crippen molar-refractivity contribution in [1.29, 1.82) is 0 Å². The molecular weight excluding hydrogens is 186 g/mol. The normalized spacial score (nSPS) is 27.4. The van der Waals surface area contributed by atoms with Gasteiger partial charge in [0.05, 0.1) is 6.10 Å². The molecule has 0 aromatic heterocycles. The lowest BCUT2D eigenvalue weighted by atomic mass is 10.3. The Morgan fingerprint density at radius 2 is 2.46 bits per heavy atom. The van der Waals surface area contributed by atoms with E-state index in [1.165, 1.54) is 0 Å². The minimum absolute atomic E-state index is 0.255. The lowest BCUT2D eigenvalue weighted by molar-refractivity contribution is 0.128. The van der Waals surface area contributed by atoms with Gasteiger partial charge in [0.1, 0.15) is 0 Å². The van der Waals surface area contributed by atoms with Crippen molar-refractivity contribution in [2.75, 3.05) is 25.2 Å². The van der Waals surface area contributed by atoms with Crippen LogP contribution in [0.5, 0.6) is 0 Å². The molecule has 0 spiro atoms. The molecule has 0 aromatic rings. The maximum Gasteiger partial charge on any atom is 0.0691 e. The second-order valence-corrected chi connectivity index (χ2v) is 5.14. The predicted octanol–water partition coefficient (Wildman–Crippen LogP) is 0.522. The van der Waals surface area contributed by atoms with E-state index in [1.807, 2.05) is 14.0 Å². The first-order valence-electron chi connectivity index (χ1n) is 4.86. The number of hydrogen-bond acceptors (Lipinski definition) is 3. The van der Waals surface area contributed by atoms with Gasteiger partial charge in [0, 0.05) is 35.0 Å². The third-order valence-electron chi connectivity index (χ3n) is 2.32. The standard InChI is InChI=1S/C9H19NO2S/c1-8(10-2)6-13(11)7-9-4-3-5-12-9/h8-10H,3-7H2,1-2H3. The molecule has 1 N–H and O–H groups in total. The Morgan fingerprint density at radius 1 is 1.69 bits per heavy atom. The van der Waals surface area contributed by atoms with Crippen LogP contribution in [0.2, 0.25) is 0 Å². The third-order valence-corrected chi connectivity index (χ3v) is 3.94. The second kappa shape index (κ2) is 5.73. The van der Waals surface area contributed by atoms with Crippen molar-refractivity contribution >= 4 is 10.8 Å². The van der Waals surface area contributed by atoms with Crippen LogP contribution in [0.15, 0.2) is 0 Å². The molecular formula is C9H19NO2S. The van der Waals surface area contributed by atoms with Gasteiger partial charge in [-0.3, -0.25) is 4.21 Å². The SMILES string of the molecule is CNC(C)CS(=O)CC1CCCO1. The summed E-state index contributed by atoms with van der Waals surface area (Å²) in [6.45, 7) is 2.90. The minimum Gasteiger partial charge on any atom is -0.377 e. The summed E-state index contributed by atoms with van der Waals surface area (Å²) in [6, 6.07) is 0.335. The van der Waals surface area contributed by atoms with E-state index in [1.54, 1.807) is 0 Å². The molecule has 4 heteroatoms. The van der Waals surface area contributed by atoms with Crippen molar-refractivity contribution in [2.24, 2.45) is 0 Å². The zero-order valence-electron chi connectivity index (χ0n) is 8.41. The molecule has 0 saturated carbocycles. The van der Waals surface area contributed by atoms with Gasteiger partial charge in [-0.25, -0.2) is 0 Å². The zero-order valence-corrected chi connectivity index (χ0v) is 9.23. The fraction of sp³-hybridized carbons (Fsp3) is 1.00. The van der Waals surface area contributed by atoms with E-state index in [4.69, 9.17) is 4.74 Å². The quantitative estimate of drug-likeness (QED) is 0.711. The molecule has 1 heterocycles. The Balaban J connectivity index is 2.16. The van der Waals surface area contributed by atoms with E-state index in [2.05, 4.69) is 5.32 Å². The fourth-order valence-electron chi connectivity index (χ4n) is 1.41. The lowest BCUT2D eigenvalue weighted by Gasteiger charge is -2.12. The average Bonchev–Trinajstić information content (AvgIpc) is 2.56. The number of nitrogens with one attached hydrogen (secondary N) is 1. The molecule has 0 aliphatic carbocycles. The van der Waals surface area contributed by atoms with Gasteiger partial charge in [-0.05, 0) is 26.8 Å². The molecule has 1 aliphatic heterocycles. The van der Waals surface area contributed by atoms with E-state index in [-0.39, 0.29) is 6.10 Å². The summed E-state index contributed by atoms with van der Waals surface area (Å²) >= 11 is 0. The summed E-state index contributed by atoms with van der Waals surface area (Å²) in [5, 5.41) is 3.09. The molecule has 0 bridgehead atoms. The molecule has 3 unspecified atom stereocenters. The van der Waals surface area contributed by atoms with Gasteiger partial charge >= 0.3 is 0 Å². The molecule has 0 amide bonds. The largest absolute Gasteiger partial charge is 0.377 e. The molecule has 13 heavy (non-hydrogen) atoms. The highest BCUT2D eigenvalue weighted by Crippen LogP contribution is 2.13. The predicted molar refractivity (Wildman–Crippen MR) is 55.4 cm³/mol. The van der Waals surface area contributed by atoms with Crippen LogP contribution in [0, 0.1) is 0 Å². The Labute approximate surface area is 82.7 Å². The summed E-state index contributed by atoms with van der Waals surface area (Å²) in [6.07, 6.45) is 2.47. The van der Waals surface area contributed by atoms with Crippen LogP contribution in [0.1, 0.15) is 19.8 Å². The van der Waals surface area contributed by atoms with Crippen molar-refractivity contribution in [3.8, 4) is 0 Å². The highest BCUT2D eigenvalue weighted by molar-refractivity contribution is 7.85. The van der Waals surface area contributed by atoms with Gasteiger partial charge in [-0.15, -0.1) is 0 Å². The van der Waals surface area contributed by atoms with Gasteiger partial charge in [0.15, 0.2) is 0 Å². The molecule has 1 fully saturated rings. The molecule has 1 aliphatic rings. The lowest BCUT2D eigenvalue weighted by Crippen LogP contribution is -2.30. The molecule has 1 saturated heterocycles. The number of hydrogen-bond donors (Lipinski definition) is 1. The van der Waals surface area contributed by atoms with Crippen molar-refractivity contribution < 1.29 is 8.95 Å². The highest BCUT2D eigenvalue weighted by Gasteiger charge is 2.18. The van der Waals surface area contributed by atoms with Crippen LogP contribution in [0.3, 0.4) is 0 Å². The van der Waals surface area contributed by atoms with Crippen LogP contribution in [0.4, 0.5) is 0 Å². The first-order chi connectivity index (χ1) is 6.22. The summed E-state index contributed by atoms with van der Waals surface area (Å²) in [7, 11) is 1.17. The maximum atomic E-state index is 11.6. The van der Waals surface area contributed by atoms with Gasteiger partial charge in [-0.1, -0.05) is 0 Å². The highest BCUT2D eigenvalue weighted by atomic mass is 32.2. The fourth-order valence-corrected chi connectivity index (χ4v) is 2.95. The molecule has 0 radical (unpaired) electrons. The molecule has 3 atom stereocenters. The van der Waals surface area contributed by atoms with Crippen LogP contribution >= 0.6 is 0 Å². The molecule has 3 nitrogen and oxygen atoms in total. The third kappa shape index (κ3) is 4.20. The van der Waals surface area contributed by atoms with E-state index >= 15 is 0 Å². The van der Waals surface area contributed by atoms with Crippen molar-refractivity contribution in [3.05, 3.63) is 0 Å². The Kier molecular flexibility index (Phi) is 4.91. The van der Waals surface area contributed by atoms with Crippen molar-refractivity contribution in [3.63, 3.8) is 0 Å². The Hall–Kier alpha value is 0.0700. The number of rotatable bonds is 5. The van der Waals surface area contributed by atoms with Crippen molar-refractivity contribution in [2.45, 2.75) is 31.9 Å². The van der Waals surface area contributed by atoms with Gasteiger partial charge in [0.25, 0.3) is 0 Å². The first-order valence-corrected chi connectivity index (χ1v) is 6.35. The van der Waals surface area contributed by atoms with E-state index in [0.29, 0.717) is 11.8 Å². The van der Waals surface area contributed by atoms with Crippen LogP contribution in [0.25, 0.3) is 0 Å². The van der Waals surface area contributed by atoms with E-state index in [9.17, 15) is 4.21 Å². The van der Waals surface area contributed by atoms with E-state index in [0.717, 1.165) is 25.2 Å². The molecule has 0 aromatic carbocycles. The Bertz CT molecular complexity index is 169. The second-order valence-electron chi connectivity index (χ2n) is 3.60. The van der Waals surface area contributed by atoms with Crippen LogP contribution in [-0.4, -0.2) is 41.5 Å². The summed E-state index contributed by atoms with van der Waals surface area (Å²) < 4.78 is 17.0. The topological polar surface area (TPSA) is 38.3 Å².